The molecule has 0 saturated heterocycles. The Balaban J connectivity index is 1.52. The molecule has 7 nitrogen and oxygen atoms in total. The molecule has 0 radical (unpaired) electrons. The molecule has 0 bridgehead atoms. The molecule has 3 aromatic carbocycles. The number of aromatic nitrogens is 2. The molecule has 0 unspecified atom stereocenters. The fourth-order valence-electron chi connectivity index (χ4n) is 3.28. The van der Waals surface area contributed by atoms with Crippen LogP contribution in [0.3, 0.4) is 0 Å². The second kappa shape index (κ2) is 8.85. The van der Waals surface area contributed by atoms with Crippen LogP contribution in [-0.4, -0.2) is 22.0 Å². The molecule has 0 aliphatic carbocycles. The number of aryl methyl sites for hydroxylation is 2. The average Bonchev–Trinajstić information content (AvgIpc) is 3.26. The second-order valence-electron chi connectivity index (χ2n) is 7.49. The molecule has 0 aliphatic rings. The number of carbonyl (C=O) groups excluding carboxylic acids is 2. The number of amides is 2. The molecule has 32 heavy (non-hydrogen) atoms. The lowest BCUT2D eigenvalue weighted by molar-refractivity contribution is -0.114. The van der Waals surface area contributed by atoms with Gasteiger partial charge in [0.1, 0.15) is 0 Å². The zero-order valence-electron chi connectivity index (χ0n) is 18.0. The first-order valence-electron chi connectivity index (χ1n) is 10.1. The van der Waals surface area contributed by atoms with Crippen LogP contribution >= 0.6 is 0 Å². The monoisotopic (exact) mass is 426 g/mol. The first-order valence-corrected chi connectivity index (χ1v) is 10.1. The van der Waals surface area contributed by atoms with Gasteiger partial charge in [-0.3, -0.25) is 9.59 Å². The molecular formula is C25H22N4O3. The van der Waals surface area contributed by atoms with Gasteiger partial charge in [-0.2, -0.15) is 0 Å². The summed E-state index contributed by atoms with van der Waals surface area (Å²) >= 11 is 0. The van der Waals surface area contributed by atoms with Gasteiger partial charge in [-0.1, -0.05) is 24.3 Å². The molecule has 1 heterocycles. The lowest BCUT2D eigenvalue weighted by Crippen LogP contribution is -2.15. The molecule has 160 valence electrons. The third-order valence-electron chi connectivity index (χ3n) is 4.93. The van der Waals surface area contributed by atoms with Gasteiger partial charge >= 0.3 is 0 Å². The fraction of sp³-hybridized carbons (Fsp3) is 0.120. The molecule has 0 saturated carbocycles. The Morgan fingerprint density at radius 3 is 2.25 bits per heavy atom. The second-order valence-corrected chi connectivity index (χ2v) is 7.49. The first-order chi connectivity index (χ1) is 15.4. The van der Waals surface area contributed by atoms with Crippen LogP contribution in [0.25, 0.3) is 22.9 Å². The van der Waals surface area contributed by atoms with Crippen LogP contribution in [0.15, 0.2) is 71.1 Å². The molecule has 2 N–H and O–H groups in total. The van der Waals surface area contributed by atoms with Crippen molar-refractivity contribution in [3.63, 3.8) is 0 Å². The van der Waals surface area contributed by atoms with Crippen LogP contribution < -0.4 is 10.6 Å². The van der Waals surface area contributed by atoms with Crippen molar-refractivity contribution in [2.75, 3.05) is 10.6 Å². The van der Waals surface area contributed by atoms with Crippen LogP contribution in [0.1, 0.15) is 28.4 Å². The Morgan fingerprint density at radius 1 is 0.812 bits per heavy atom. The SMILES string of the molecule is CC(=O)Nc1ccc(C)cc1NC(=O)c1ccc(-c2nnc(-c3ccccc3C)o2)cc1. The quantitative estimate of drug-likeness (QED) is 0.455. The molecule has 4 rings (SSSR count). The Morgan fingerprint density at radius 2 is 1.53 bits per heavy atom. The Hall–Kier alpha value is -4.26. The van der Waals surface area contributed by atoms with Gasteiger partial charge in [0.2, 0.25) is 17.7 Å². The standard InChI is InChI=1S/C25H22N4O3/c1-15-8-13-21(26-17(3)30)22(14-15)27-23(31)18-9-11-19(12-10-18)24-28-29-25(32-24)20-7-5-4-6-16(20)2/h4-14H,1-3H3,(H,26,30)(H,27,31). The Kier molecular flexibility index (Phi) is 5.81. The van der Waals surface area contributed by atoms with E-state index in [9.17, 15) is 9.59 Å². The van der Waals surface area contributed by atoms with Gasteiger partial charge < -0.3 is 15.1 Å². The highest BCUT2D eigenvalue weighted by molar-refractivity contribution is 6.07. The average molecular weight is 426 g/mol. The molecule has 0 fully saturated rings. The molecule has 2 amide bonds. The molecule has 7 heteroatoms. The summed E-state index contributed by atoms with van der Waals surface area (Å²) in [6.45, 7) is 5.32. The third-order valence-corrected chi connectivity index (χ3v) is 4.93. The maximum Gasteiger partial charge on any atom is 0.255 e. The minimum absolute atomic E-state index is 0.210. The summed E-state index contributed by atoms with van der Waals surface area (Å²) in [5.41, 5.74) is 5.15. The number of carbonyl (C=O) groups is 2. The number of anilines is 2. The summed E-state index contributed by atoms with van der Waals surface area (Å²) in [5.74, 6) is 0.324. The fourth-order valence-corrected chi connectivity index (χ4v) is 3.28. The van der Waals surface area contributed by atoms with Gasteiger partial charge in [-0.25, -0.2) is 0 Å². The Bertz CT molecular complexity index is 1290. The zero-order valence-corrected chi connectivity index (χ0v) is 18.0. The molecule has 1 aromatic heterocycles. The van der Waals surface area contributed by atoms with E-state index in [1.165, 1.54) is 6.92 Å². The lowest BCUT2D eigenvalue weighted by atomic mass is 10.1. The maximum atomic E-state index is 12.8. The van der Waals surface area contributed by atoms with E-state index in [1.807, 2.05) is 50.2 Å². The van der Waals surface area contributed by atoms with Crippen molar-refractivity contribution in [1.82, 2.24) is 10.2 Å². The number of rotatable bonds is 5. The van der Waals surface area contributed by atoms with Crippen LogP contribution in [-0.2, 0) is 4.79 Å². The van der Waals surface area contributed by atoms with Crippen LogP contribution in [0.5, 0.6) is 0 Å². The number of hydrogen-bond donors (Lipinski definition) is 2. The van der Waals surface area contributed by atoms with Crippen molar-refractivity contribution in [3.05, 3.63) is 83.4 Å². The van der Waals surface area contributed by atoms with E-state index in [0.29, 0.717) is 34.3 Å². The van der Waals surface area contributed by atoms with Crippen LogP contribution in [0.2, 0.25) is 0 Å². The summed E-state index contributed by atoms with van der Waals surface area (Å²) in [6.07, 6.45) is 0. The van der Waals surface area contributed by atoms with E-state index >= 15 is 0 Å². The van der Waals surface area contributed by atoms with Crippen molar-refractivity contribution in [1.29, 1.82) is 0 Å². The predicted molar refractivity (Wildman–Crippen MR) is 123 cm³/mol. The summed E-state index contributed by atoms with van der Waals surface area (Å²) in [4.78, 5) is 24.2. The van der Waals surface area contributed by atoms with Crippen molar-refractivity contribution < 1.29 is 14.0 Å². The van der Waals surface area contributed by atoms with Gasteiger partial charge in [-0.15, -0.1) is 10.2 Å². The number of nitrogens with one attached hydrogen (secondary N) is 2. The van der Waals surface area contributed by atoms with E-state index in [4.69, 9.17) is 4.42 Å². The van der Waals surface area contributed by atoms with Crippen molar-refractivity contribution in [3.8, 4) is 22.9 Å². The van der Waals surface area contributed by atoms with Gasteiger partial charge in [0.15, 0.2) is 0 Å². The highest BCUT2D eigenvalue weighted by Crippen LogP contribution is 2.27. The number of hydrogen-bond acceptors (Lipinski definition) is 5. The smallest absolute Gasteiger partial charge is 0.255 e. The van der Waals surface area contributed by atoms with Gasteiger partial charge in [-0.05, 0) is 67.4 Å². The number of nitrogens with zero attached hydrogens (tertiary/aromatic N) is 2. The van der Waals surface area contributed by atoms with E-state index < -0.39 is 0 Å². The molecule has 0 aliphatic heterocycles. The van der Waals surface area contributed by atoms with Crippen LogP contribution in [0, 0.1) is 13.8 Å². The molecule has 0 spiro atoms. The minimum atomic E-state index is -0.292. The summed E-state index contributed by atoms with van der Waals surface area (Å²) in [5, 5.41) is 13.9. The highest BCUT2D eigenvalue weighted by atomic mass is 16.4. The largest absolute Gasteiger partial charge is 0.416 e. The normalized spacial score (nSPS) is 10.6. The van der Waals surface area contributed by atoms with E-state index in [-0.39, 0.29) is 11.8 Å². The summed E-state index contributed by atoms with van der Waals surface area (Å²) in [6, 6.07) is 20.1. The zero-order chi connectivity index (χ0) is 22.7. The van der Waals surface area contributed by atoms with E-state index in [1.54, 1.807) is 30.3 Å². The summed E-state index contributed by atoms with van der Waals surface area (Å²) < 4.78 is 5.84. The topological polar surface area (TPSA) is 97.1 Å². The minimum Gasteiger partial charge on any atom is -0.416 e. The van der Waals surface area contributed by atoms with E-state index in [2.05, 4.69) is 20.8 Å². The number of benzene rings is 3. The van der Waals surface area contributed by atoms with Crippen molar-refractivity contribution in [2.45, 2.75) is 20.8 Å². The molecule has 0 atom stereocenters. The summed E-state index contributed by atoms with van der Waals surface area (Å²) in [7, 11) is 0. The lowest BCUT2D eigenvalue weighted by Gasteiger charge is -2.12. The van der Waals surface area contributed by atoms with Crippen molar-refractivity contribution in [2.24, 2.45) is 0 Å². The maximum absolute atomic E-state index is 12.8. The predicted octanol–water partition coefficient (Wildman–Crippen LogP) is 5.23. The van der Waals surface area contributed by atoms with Crippen molar-refractivity contribution >= 4 is 23.2 Å². The molecule has 4 aromatic rings. The van der Waals surface area contributed by atoms with Gasteiger partial charge in [0.25, 0.3) is 5.91 Å². The van der Waals surface area contributed by atoms with E-state index in [0.717, 1.165) is 16.7 Å². The van der Waals surface area contributed by atoms with Gasteiger partial charge in [0, 0.05) is 23.6 Å². The third kappa shape index (κ3) is 4.57. The molecular weight excluding hydrogens is 404 g/mol. The van der Waals surface area contributed by atoms with Crippen LogP contribution in [0.4, 0.5) is 11.4 Å². The van der Waals surface area contributed by atoms with Gasteiger partial charge in [0.05, 0.1) is 11.4 Å². The first kappa shape index (κ1) is 21.0. The Labute approximate surface area is 185 Å². The highest BCUT2D eigenvalue weighted by Gasteiger charge is 2.14.